The van der Waals surface area contributed by atoms with Gasteiger partial charge in [0.2, 0.25) is 5.95 Å². The second-order valence-corrected chi connectivity index (χ2v) is 14.1. The summed E-state index contributed by atoms with van der Waals surface area (Å²) in [5.74, 6) is 0.0262. The fraction of sp³-hybridized carbons (Fsp3) is 0.457. The van der Waals surface area contributed by atoms with E-state index < -0.39 is 24.2 Å². The van der Waals surface area contributed by atoms with Gasteiger partial charge in [0.15, 0.2) is 0 Å². The van der Waals surface area contributed by atoms with Crippen LogP contribution in [0.2, 0.25) is 0 Å². The van der Waals surface area contributed by atoms with Gasteiger partial charge in [-0.1, -0.05) is 32.1 Å². The number of fused-ring (bicyclic) bond motifs is 1. The van der Waals surface area contributed by atoms with Crippen LogP contribution in [0.3, 0.4) is 0 Å². The van der Waals surface area contributed by atoms with Gasteiger partial charge in [0.05, 0.1) is 46.4 Å². The van der Waals surface area contributed by atoms with Crippen molar-refractivity contribution in [3.8, 4) is 12.1 Å². The third-order valence-corrected chi connectivity index (χ3v) is 9.10. The summed E-state index contributed by atoms with van der Waals surface area (Å²) in [4.78, 5) is 24.3. The highest BCUT2D eigenvalue weighted by Crippen LogP contribution is 2.62. The molecule has 1 unspecified atom stereocenters. The Labute approximate surface area is 278 Å². The van der Waals surface area contributed by atoms with E-state index in [1.165, 1.54) is 24.3 Å². The molecule has 12 nitrogen and oxygen atoms in total. The van der Waals surface area contributed by atoms with Crippen molar-refractivity contribution in [3.05, 3.63) is 70.7 Å². The minimum Gasteiger partial charge on any atom is -0.444 e. The van der Waals surface area contributed by atoms with Gasteiger partial charge in [-0.15, -0.1) is 5.10 Å². The van der Waals surface area contributed by atoms with Gasteiger partial charge >= 0.3 is 6.09 Å². The van der Waals surface area contributed by atoms with Gasteiger partial charge in [-0.25, -0.2) is 14.5 Å². The van der Waals surface area contributed by atoms with Crippen LogP contribution in [0, 0.1) is 46.9 Å². The molecule has 1 amide bonds. The van der Waals surface area contributed by atoms with E-state index in [0.717, 1.165) is 19.3 Å². The fourth-order valence-corrected chi connectivity index (χ4v) is 6.61. The Bertz CT molecular complexity index is 1960. The Morgan fingerprint density at radius 3 is 2.54 bits per heavy atom. The van der Waals surface area contributed by atoms with Gasteiger partial charge in [0, 0.05) is 36.5 Å². The molecule has 0 spiro atoms. The predicted octanol–water partition coefficient (Wildman–Crippen LogP) is 6.15. The van der Waals surface area contributed by atoms with Crippen LogP contribution in [0.4, 0.5) is 20.6 Å². The van der Waals surface area contributed by atoms with E-state index in [9.17, 15) is 19.7 Å². The van der Waals surface area contributed by atoms with E-state index in [1.54, 1.807) is 32.0 Å². The third kappa shape index (κ3) is 6.02. The summed E-state index contributed by atoms with van der Waals surface area (Å²) in [6.45, 7) is 10.2. The number of carbonyl (C=O) groups is 1. The zero-order valence-corrected chi connectivity index (χ0v) is 27.9. The Hall–Kier alpha value is -5.14. The smallest absolute Gasteiger partial charge is 0.415 e. The largest absolute Gasteiger partial charge is 0.444 e. The Balaban J connectivity index is 1.59. The quantitative estimate of drug-likeness (QED) is 0.198. The Kier molecular flexibility index (Phi) is 8.52. The van der Waals surface area contributed by atoms with Crippen LogP contribution >= 0.6 is 0 Å². The van der Waals surface area contributed by atoms with Gasteiger partial charge in [-0.05, 0) is 62.6 Å². The zero-order chi connectivity index (χ0) is 34.4. The van der Waals surface area contributed by atoms with Crippen LogP contribution in [0.5, 0.6) is 0 Å². The van der Waals surface area contributed by atoms with Crippen molar-refractivity contribution in [2.75, 3.05) is 30.5 Å². The summed E-state index contributed by atoms with van der Waals surface area (Å²) in [6.07, 6.45) is 4.93. The summed E-state index contributed by atoms with van der Waals surface area (Å²) in [5, 5.41) is 33.3. The number of hydrogen-bond donors (Lipinski definition) is 1. The molecule has 3 aliphatic carbocycles. The van der Waals surface area contributed by atoms with Gasteiger partial charge in [-0.3, -0.25) is 9.88 Å². The third-order valence-electron chi connectivity index (χ3n) is 9.10. The molecule has 2 atom stereocenters. The summed E-state index contributed by atoms with van der Waals surface area (Å²) in [6, 6.07) is 9.50. The summed E-state index contributed by atoms with van der Waals surface area (Å²) in [7, 11) is 1.51. The zero-order valence-electron chi connectivity index (χ0n) is 27.9. The van der Waals surface area contributed by atoms with Crippen LogP contribution in [0.1, 0.15) is 81.1 Å². The minimum atomic E-state index is -0.983. The number of nitrogens with one attached hydrogen (secondary N) is 1. The number of ether oxygens (including phenoxy) is 2. The van der Waals surface area contributed by atoms with E-state index in [1.807, 2.05) is 10.9 Å². The molecule has 1 aromatic carbocycles. The maximum absolute atomic E-state index is 14.4. The first-order valence-corrected chi connectivity index (χ1v) is 15.9. The van der Waals surface area contributed by atoms with Crippen molar-refractivity contribution in [1.29, 1.82) is 10.5 Å². The molecule has 48 heavy (non-hydrogen) atoms. The first-order valence-electron chi connectivity index (χ1n) is 15.9. The van der Waals surface area contributed by atoms with E-state index in [-0.39, 0.29) is 34.4 Å². The number of carbonyl (C=O) groups excluding carboxylic acids is 1. The van der Waals surface area contributed by atoms with E-state index >= 15 is 0 Å². The van der Waals surface area contributed by atoms with Gasteiger partial charge in [-0.2, -0.15) is 14.9 Å². The van der Waals surface area contributed by atoms with Crippen LogP contribution < -0.4 is 10.2 Å². The molecule has 3 aromatic heterocycles. The van der Waals surface area contributed by atoms with E-state index in [0.29, 0.717) is 46.0 Å². The van der Waals surface area contributed by atoms with E-state index in [4.69, 9.17) is 9.47 Å². The number of anilines is 2. The summed E-state index contributed by atoms with van der Waals surface area (Å²) >= 11 is 0. The lowest BCUT2D eigenvalue weighted by Crippen LogP contribution is -2.59. The summed E-state index contributed by atoms with van der Waals surface area (Å²) < 4.78 is 27.4. The van der Waals surface area contributed by atoms with Crippen molar-refractivity contribution >= 4 is 28.4 Å². The summed E-state index contributed by atoms with van der Waals surface area (Å²) in [5.41, 5.74) is 2.61. The molecule has 2 bridgehead atoms. The number of hydrogen-bond acceptors (Lipinski definition) is 10. The average Bonchev–Trinajstić information content (AvgIpc) is 3.45. The fourth-order valence-electron chi connectivity index (χ4n) is 6.61. The van der Waals surface area contributed by atoms with Crippen LogP contribution in [-0.2, 0) is 15.0 Å². The van der Waals surface area contributed by atoms with Crippen molar-refractivity contribution in [2.45, 2.75) is 71.6 Å². The van der Waals surface area contributed by atoms with Crippen molar-refractivity contribution in [2.24, 2.45) is 11.3 Å². The van der Waals surface area contributed by atoms with Crippen LogP contribution in [0.25, 0.3) is 10.9 Å². The number of pyridine rings is 2. The molecule has 3 aliphatic rings. The highest BCUT2D eigenvalue weighted by atomic mass is 19.1. The maximum Gasteiger partial charge on any atom is 0.415 e. The molecule has 0 aliphatic heterocycles. The predicted molar refractivity (Wildman–Crippen MR) is 176 cm³/mol. The molecule has 13 heteroatoms. The molecule has 7 rings (SSSR count). The van der Waals surface area contributed by atoms with E-state index in [2.05, 4.69) is 58.5 Å². The monoisotopic (exact) mass is 651 g/mol. The van der Waals surface area contributed by atoms with Crippen molar-refractivity contribution in [3.63, 3.8) is 0 Å². The number of aromatic nitrogens is 5. The molecule has 4 aromatic rings. The standard InChI is InChI=1S/C35H38FN9O3/c1-20(18-47-6)48-33(46)45(25-9-23(14-37)30-27(10-25)31(24(15-38)16-39-30)40-19-34(3,4)5)32(26-7-8-29(36)41-21(26)2)28-17-44(43-42-28)35-11-22(12-35)13-35/h7-10,16-17,20,22,32H,11-13,18-19H2,1-6H3,(H,39,40)/t20-,22?,32?,35?/m1/s1. The minimum absolute atomic E-state index is 0.0845. The second kappa shape index (κ2) is 12.5. The number of amides is 1. The van der Waals surface area contributed by atoms with Gasteiger partial charge in [0.25, 0.3) is 0 Å². The molecular formula is C35H38FN9O3. The number of rotatable bonds is 10. The van der Waals surface area contributed by atoms with Crippen LogP contribution in [-0.4, -0.2) is 57.4 Å². The first kappa shape index (κ1) is 32.8. The second-order valence-electron chi connectivity index (χ2n) is 14.1. The Morgan fingerprint density at radius 2 is 1.94 bits per heavy atom. The maximum atomic E-state index is 14.4. The van der Waals surface area contributed by atoms with Gasteiger partial charge < -0.3 is 14.8 Å². The van der Waals surface area contributed by atoms with Gasteiger partial charge in [0.1, 0.15) is 30.0 Å². The highest BCUT2D eigenvalue weighted by molar-refractivity contribution is 6.01. The molecule has 3 saturated carbocycles. The molecule has 3 fully saturated rings. The highest BCUT2D eigenvalue weighted by Gasteiger charge is 2.59. The molecule has 0 radical (unpaired) electrons. The SMILES string of the molecule is COC[C@@H](C)OC(=O)N(c1cc(C#N)c2ncc(C#N)c(NCC(C)(C)C)c2c1)C(c1cn(C23CC(C2)C3)nn1)c1ccc(F)nc1C. The lowest BCUT2D eigenvalue weighted by atomic mass is 9.50. The van der Waals surface area contributed by atoms with Crippen molar-refractivity contribution < 1.29 is 18.7 Å². The molecule has 0 saturated heterocycles. The lowest BCUT2D eigenvalue weighted by molar-refractivity contribution is -0.0989. The molecule has 1 N–H and O–H groups in total. The van der Waals surface area contributed by atoms with Crippen LogP contribution in [0.15, 0.2) is 36.7 Å². The lowest BCUT2D eigenvalue weighted by Gasteiger charge is -2.61. The molecule has 248 valence electrons. The number of methoxy groups -OCH3 is 1. The Morgan fingerprint density at radius 1 is 1.21 bits per heavy atom. The topological polar surface area (TPSA) is 155 Å². The number of nitrogens with zero attached hydrogens (tertiary/aromatic N) is 8. The number of nitriles is 2. The first-order chi connectivity index (χ1) is 22.9. The number of halogens is 1. The molecule has 3 heterocycles. The number of benzene rings is 1. The normalized spacial score (nSPS) is 19.3. The van der Waals surface area contributed by atoms with Crippen molar-refractivity contribution in [1.82, 2.24) is 25.0 Å². The average molecular weight is 652 g/mol. The number of aryl methyl sites for hydroxylation is 1. The molecular weight excluding hydrogens is 613 g/mol.